The van der Waals surface area contributed by atoms with Crippen LogP contribution in [0.5, 0.6) is 0 Å². The summed E-state index contributed by atoms with van der Waals surface area (Å²) in [5.74, 6) is -0.914. The first-order chi connectivity index (χ1) is 9.51. The Labute approximate surface area is 119 Å². The molecule has 0 saturated heterocycles. The summed E-state index contributed by atoms with van der Waals surface area (Å²) in [4.78, 5) is 23.7. The third kappa shape index (κ3) is 4.06. The number of nitrogens with one attached hydrogen (secondary N) is 1. The fourth-order valence-electron chi connectivity index (χ4n) is 1.98. The van der Waals surface area contributed by atoms with E-state index >= 15 is 0 Å². The van der Waals surface area contributed by atoms with Crippen LogP contribution in [0.15, 0.2) is 30.3 Å². The molecule has 3 N–H and O–H groups in total. The Hall–Kier alpha value is -1.88. The van der Waals surface area contributed by atoms with Gasteiger partial charge < -0.3 is 15.8 Å². The van der Waals surface area contributed by atoms with Crippen molar-refractivity contribution in [3.63, 3.8) is 0 Å². The number of methoxy groups -OCH3 is 1. The van der Waals surface area contributed by atoms with Crippen LogP contribution in [-0.2, 0) is 14.3 Å². The maximum Gasteiger partial charge on any atom is 0.254 e. The van der Waals surface area contributed by atoms with Gasteiger partial charge in [0, 0.05) is 7.11 Å². The van der Waals surface area contributed by atoms with Crippen molar-refractivity contribution in [1.82, 2.24) is 5.32 Å². The lowest BCUT2D eigenvalue weighted by atomic mass is 9.98. The number of benzene rings is 1. The topological polar surface area (TPSA) is 81.4 Å². The van der Waals surface area contributed by atoms with E-state index in [0.29, 0.717) is 0 Å². The normalized spacial score (nSPS) is 15.2. The summed E-state index contributed by atoms with van der Waals surface area (Å²) in [6.45, 7) is 3.82. The number of hydrogen-bond donors (Lipinski definition) is 2. The summed E-state index contributed by atoms with van der Waals surface area (Å²) in [5, 5.41) is 2.68. The van der Waals surface area contributed by atoms with Crippen LogP contribution in [0.25, 0.3) is 0 Å². The molecule has 1 aromatic rings. The van der Waals surface area contributed by atoms with E-state index in [2.05, 4.69) is 5.32 Å². The van der Waals surface area contributed by atoms with Crippen LogP contribution in [0.4, 0.5) is 0 Å². The molecule has 0 aliphatic rings. The number of nitrogens with two attached hydrogens (primary N) is 1. The molecule has 0 fully saturated rings. The lowest BCUT2D eigenvalue weighted by molar-refractivity contribution is -0.135. The van der Waals surface area contributed by atoms with E-state index in [1.165, 1.54) is 7.11 Å². The number of carbonyl (C=O) groups is 2. The van der Waals surface area contributed by atoms with Gasteiger partial charge in [-0.2, -0.15) is 0 Å². The van der Waals surface area contributed by atoms with Gasteiger partial charge in [-0.05, 0) is 11.5 Å². The first-order valence-electron chi connectivity index (χ1n) is 6.68. The fraction of sp³-hybridized carbons (Fsp3) is 0.467. The minimum atomic E-state index is -0.748. The zero-order valence-electron chi connectivity index (χ0n) is 12.1. The first-order valence-corrected chi connectivity index (χ1v) is 6.68. The standard InChI is InChI=1S/C15H22N2O3/c1-4-10(2)12(14(16)18)17-15(19)13(20-3)11-8-6-5-7-9-11/h5-10,12-13H,4H2,1-3H3,(H2,16,18)(H,17,19)/t10-,12+,13-/m0/s1. The summed E-state index contributed by atoms with van der Waals surface area (Å²) in [5.41, 5.74) is 6.08. The van der Waals surface area contributed by atoms with Gasteiger partial charge in [-0.15, -0.1) is 0 Å². The van der Waals surface area contributed by atoms with Crippen molar-refractivity contribution in [2.24, 2.45) is 11.7 Å². The second-order valence-corrected chi connectivity index (χ2v) is 4.80. The highest BCUT2D eigenvalue weighted by molar-refractivity contribution is 5.89. The van der Waals surface area contributed by atoms with E-state index in [1.54, 1.807) is 12.1 Å². The fourth-order valence-corrected chi connectivity index (χ4v) is 1.98. The van der Waals surface area contributed by atoms with E-state index < -0.39 is 18.1 Å². The summed E-state index contributed by atoms with van der Waals surface area (Å²) in [6, 6.07) is 8.43. The predicted molar refractivity (Wildman–Crippen MR) is 76.8 cm³/mol. The number of carbonyl (C=O) groups excluding carboxylic acids is 2. The number of primary amides is 1. The average Bonchev–Trinajstić information content (AvgIpc) is 2.45. The van der Waals surface area contributed by atoms with Gasteiger partial charge in [0.1, 0.15) is 6.04 Å². The third-order valence-corrected chi connectivity index (χ3v) is 3.39. The maximum absolute atomic E-state index is 12.3. The molecule has 0 unspecified atom stereocenters. The van der Waals surface area contributed by atoms with E-state index in [9.17, 15) is 9.59 Å². The van der Waals surface area contributed by atoms with Crippen molar-refractivity contribution in [3.8, 4) is 0 Å². The molecule has 0 aromatic heterocycles. The highest BCUT2D eigenvalue weighted by Crippen LogP contribution is 2.17. The van der Waals surface area contributed by atoms with Gasteiger partial charge in [-0.3, -0.25) is 9.59 Å². The number of amides is 2. The lowest BCUT2D eigenvalue weighted by Crippen LogP contribution is -2.49. The van der Waals surface area contributed by atoms with E-state index in [4.69, 9.17) is 10.5 Å². The van der Waals surface area contributed by atoms with Crippen LogP contribution in [0.3, 0.4) is 0 Å². The van der Waals surface area contributed by atoms with Gasteiger partial charge in [0.15, 0.2) is 6.10 Å². The molecular weight excluding hydrogens is 256 g/mol. The van der Waals surface area contributed by atoms with Crippen molar-refractivity contribution in [1.29, 1.82) is 0 Å². The molecule has 5 nitrogen and oxygen atoms in total. The summed E-state index contributed by atoms with van der Waals surface area (Å²) in [6.07, 6.45) is -0.00115. The van der Waals surface area contributed by atoms with Crippen LogP contribution in [0, 0.1) is 5.92 Å². The minimum Gasteiger partial charge on any atom is -0.368 e. The molecule has 0 aliphatic heterocycles. The summed E-state index contributed by atoms with van der Waals surface area (Å²) in [7, 11) is 1.46. The first kappa shape index (κ1) is 16.2. The van der Waals surface area contributed by atoms with Crippen LogP contribution >= 0.6 is 0 Å². The van der Waals surface area contributed by atoms with Crippen molar-refractivity contribution in [2.45, 2.75) is 32.4 Å². The molecule has 1 rings (SSSR count). The van der Waals surface area contributed by atoms with Crippen LogP contribution < -0.4 is 11.1 Å². The van der Waals surface area contributed by atoms with Gasteiger partial charge in [0.2, 0.25) is 5.91 Å². The van der Waals surface area contributed by atoms with Crippen molar-refractivity contribution in [3.05, 3.63) is 35.9 Å². The lowest BCUT2D eigenvalue weighted by Gasteiger charge is -2.24. The minimum absolute atomic E-state index is 0.0234. The van der Waals surface area contributed by atoms with Crippen LogP contribution in [-0.4, -0.2) is 25.0 Å². The van der Waals surface area contributed by atoms with Gasteiger partial charge in [-0.25, -0.2) is 0 Å². The molecule has 0 spiro atoms. The molecule has 20 heavy (non-hydrogen) atoms. The Balaban J connectivity index is 2.84. The molecule has 0 saturated carbocycles. The number of hydrogen-bond acceptors (Lipinski definition) is 3. The van der Waals surface area contributed by atoms with Crippen molar-refractivity contribution >= 4 is 11.8 Å². The van der Waals surface area contributed by atoms with Gasteiger partial charge >= 0.3 is 0 Å². The Morgan fingerprint density at radius 1 is 1.30 bits per heavy atom. The quantitative estimate of drug-likeness (QED) is 0.790. The second kappa shape index (κ2) is 7.65. The van der Waals surface area contributed by atoms with Gasteiger partial charge in [0.25, 0.3) is 5.91 Å². The Bertz CT molecular complexity index is 448. The highest BCUT2D eigenvalue weighted by atomic mass is 16.5. The summed E-state index contributed by atoms with van der Waals surface area (Å²) < 4.78 is 5.23. The Morgan fingerprint density at radius 2 is 1.90 bits per heavy atom. The van der Waals surface area contributed by atoms with Gasteiger partial charge in [-0.1, -0.05) is 50.6 Å². The molecule has 5 heteroatoms. The predicted octanol–water partition coefficient (Wildman–Crippen LogP) is 1.39. The number of rotatable bonds is 7. The molecule has 0 heterocycles. The van der Waals surface area contributed by atoms with E-state index in [1.807, 2.05) is 32.0 Å². The van der Waals surface area contributed by atoms with Crippen LogP contribution in [0.2, 0.25) is 0 Å². The van der Waals surface area contributed by atoms with Crippen molar-refractivity contribution in [2.75, 3.05) is 7.11 Å². The van der Waals surface area contributed by atoms with Crippen molar-refractivity contribution < 1.29 is 14.3 Å². The molecule has 1 aromatic carbocycles. The molecular formula is C15H22N2O3. The average molecular weight is 278 g/mol. The third-order valence-electron chi connectivity index (χ3n) is 3.39. The van der Waals surface area contributed by atoms with E-state index in [0.717, 1.165) is 12.0 Å². The molecule has 110 valence electrons. The molecule has 0 aliphatic carbocycles. The molecule has 3 atom stereocenters. The maximum atomic E-state index is 12.3. The molecule has 0 radical (unpaired) electrons. The zero-order valence-corrected chi connectivity index (χ0v) is 12.1. The largest absolute Gasteiger partial charge is 0.368 e. The Morgan fingerprint density at radius 3 is 2.35 bits per heavy atom. The SMILES string of the molecule is CC[C@H](C)[C@@H](NC(=O)[C@@H](OC)c1ccccc1)C(N)=O. The Kier molecular flexibility index (Phi) is 6.18. The number of ether oxygens (including phenoxy) is 1. The van der Waals surface area contributed by atoms with E-state index in [-0.39, 0.29) is 11.8 Å². The molecule has 2 amide bonds. The zero-order chi connectivity index (χ0) is 15.1. The molecule has 0 bridgehead atoms. The van der Waals surface area contributed by atoms with Crippen LogP contribution in [0.1, 0.15) is 31.9 Å². The smallest absolute Gasteiger partial charge is 0.254 e. The second-order valence-electron chi connectivity index (χ2n) is 4.80. The summed E-state index contributed by atoms with van der Waals surface area (Å²) >= 11 is 0. The highest BCUT2D eigenvalue weighted by Gasteiger charge is 2.28. The van der Waals surface area contributed by atoms with Gasteiger partial charge in [0.05, 0.1) is 0 Å². The monoisotopic (exact) mass is 278 g/mol.